The van der Waals surface area contributed by atoms with Gasteiger partial charge in [-0.2, -0.15) is 4.39 Å². The Bertz CT molecular complexity index is 538. The number of hydrogen-bond donors (Lipinski definition) is 1. The Morgan fingerprint density at radius 1 is 1.00 bits per heavy atom. The number of carbonyl (C=O) groups is 3. The second-order valence-corrected chi connectivity index (χ2v) is 9.27. The van der Waals surface area contributed by atoms with Gasteiger partial charge in [0.2, 0.25) is 6.80 Å². The van der Waals surface area contributed by atoms with Gasteiger partial charge in [0.1, 0.15) is 30.4 Å². The normalized spacial score (nSPS) is 13.5. The summed E-state index contributed by atoms with van der Waals surface area (Å²) in [5.41, 5.74) is -1.39. The molecule has 0 aliphatic rings. The molecule has 0 unspecified atom stereocenters. The summed E-state index contributed by atoms with van der Waals surface area (Å²) in [6.07, 6.45) is -0.883. The maximum atomic E-state index is 12.8. The van der Waals surface area contributed by atoms with Crippen LogP contribution >= 0.6 is 0 Å². The number of ether oxygens (including phenoxy) is 3. The summed E-state index contributed by atoms with van der Waals surface area (Å²) >= 11 is 0. The van der Waals surface area contributed by atoms with E-state index in [2.05, 4.69) is 5.32 Å². The molecule has 0 aliphatic heterocycles. The zero-order valence-corrected chi connectivity index (χ0v) is 18.4. The van der Waals surface area contributed by atoms with E-state index in [0.29, 0.717) is 0 Å². The molecule has 9 heteroatoms. The zero-order valence-electron chi connectivity index (χ0n) is 18.4. The second kappa shape index (κ2) is 10.6. The number of nitrogens with zero attached hydrogens (tertiary/aromatic N) is 1. The van der Waals surface area contributed by atoms with Gasteiger partial charge in [-0.3, -0.25) is 9.28 Å². The third-order valence-corrected chi connectivity index (χ3v) is 3.30. The number of halogens is 1. The van der Waals surface area contributed by atoms with E-state index in [4.69, 9.17) is 14.2 Å². The van der Waals surface area contributed by atoms with Crippen molar-refractivity contribution in [1.29, 1.82) is 0 Å². The lowest BCUT2D eigenvalue weighted by Crippen LogP contribution is -2.46. The first-order valence-corrected chi connectivity index (χ1v) is 9.30. The van der Waals surface area contributed by atoms with Crippen molar-refractivity contribution in [2.45, 2.75) is 71.6 Å². The third kappa shape index (κ3) is 13.3. The molecule has 0 radical (unpaired) electrons. The first kappa shape index (κ1) is 26.1. The average Bonchev–Trinajstić information content (AvgIpc) is 2.47. The molecule has 1 amide bonds. The molecule has 0 bridgehead atoms. The number of quaternary nitrogens is 1. The van der Waals surface area contributed by atoms with Crippen LogP contribution in [0.5, 0.6) is 0 Å². The van der Waals surface area contributed by atoms with E-state index in [-0.39, 0.29) is 30.5 Å². The van der Waals surface area contributed by atoms with Gasteiger partial charge in [-0.05, 0) is 48.0 Å². The van der Waals surface area contributed by atoms with E-state index in [1.807, 2.05) is 0 Å². The molecule has 0 aromatic rings. The van der Waals surface area contributed by atoms with Crippen molar-refractivity contribution >= 4 is 18.0 Å². The maximum absolute atomic E-state index is 12.8. The minimum absolute atomic E-state index is 0.00560. The Hall–Kier alpha value is -1.90. The molecule has 0 aliphatic carbocycles. The van der Waals surface area contributed by atoms with Crippen LogP contribution in [0.4, 0.5) is 9.18 Å². The highest BCUT2D eigenvalue weighted by molar-refractivity contribution is 5.82. The van der Waals surface area contributed by atoms with Crippen LogP contribution in [0.2, 0.25) is 0 Å². The molecule has 8 nitrogen and oxygen atoms in total. The summed E-state index contributed by atoms with van der Waals surface area (Å²) in [5, 5.41) is 2.43. The van der Waals surface area contributed by atoms with Crippen molar-refractivity contribution in [2.24, 2.45) is 0 Å². The fourth-order valence-electron chi connectivity index (χ4n) is 1.91. The molecule has 0 saturated carbocycles. The van der Waals surface area contributed by atoms with Gasteiger partial charge in [0.05, 0.1) is 14.1 Å². The fourth-order valence-corrected chi connectivity index (χ4v) is 1.91. The van der Waals surface area contributed by atoms with E-state index < -0.39 is 42.1 Å². The lowest BCUT2D eigenvalue weighted by Gasteiger charge is -2.26. The van der Waals surface area contributed by atoms with E-state index in [0.717, 1.165) is 0 Å². The van der Waals surface area contributed by atoms with Crippen LogP contribution in [0.15, 0.2) is 0 Å². The highest BCUT2D eigenvalue weighted by Gasteiger charge is 2.28. The number of esters is 2. The number of alkyl carbamates (subject to hydrolysis) is 1. The monoisotopic (exact) mass is 407 g/mol. The van der Waals surface area contributed by atoms with E-state index in [9.17, 15) is 18.8 Å². The molecule has 0 spiro atoms. The maximum Gasteiger partial charge on any atom is 0.408 e. The standard InChI is InChI=1S/C19H35FN2O6/c1-18(2,3)27-15(23)10-9-14(21-17(25)28-19(4,5)6)16(24)26-12-11-22(7,8)13-20/h14H,9-13H2,1-8H3/p+1/t14-/m0/s1. The topological polar surface area (TPSA) is 90.9 Å². The molecule has 28 heavy (non-hydrogen) atoms. The summed E-state index contributed by atoms with van der Waals surface area (Å²) in [6.45, 7) is 9.94. The summed E-state index contributed by atoms with van der Waals surface area (Å²) in [5.74, 6) is -1.21. The first-order valence-electron chi connectivity index (χ1n) is 9.30. The predicted octanol–water partition coefficient (Wildman–Crippen LogP) is 2.55. The number of carbonyl (C=O) groups excluding carboxylic acids is 3. The van der Waals surface area contributed by atoms with Crippen LogP contribution in [-0.4, -0.2) is 73.8 Å². The van der Waals surface area contributed by atoms with Crippen LogP contribution in [0.3, 0.4) is 0 Å². The quantitative estimate of drug-likeness (QED) is 0.273. The summed E-state index contributed by atoms with van der Waals surface area (Å²) < 4.78 is 28.4. The Morgan fingerprint density at radius 2 is 1.54 bits per heavy atom. The second-order valence-electron chi connectivity index (χ2n) is 9.27. The average molecular weight is 408 g/mol. The number of alkyl halides is 1. The number of amides is 1. The first-order chi connectivity index (χ1) is 12.5. The number of nitrogens with one attached hydrogen (secondary N) is 1. The van der Waals surface area contributed by atoms with E-state index in [1.54, 1.807) is 55.6 Å². The van der Waals surface area contributed by atoms with Crippen molar-refractivity contribution < 1.29 is 37.5 Å². The Kier molecular flexibility index (Phi) is 9.87. The van der Waals surface area contributed by atoms with Gasteiger partial charge >= 0.3 is 18.0 Å². The van der Waals surface area contributed by atoms with Crippen LogP contribution in [-0.2, 0) is 23.8 Å². The molecular formula is C19H36FN2O6+. The molecule has 0 saturated heterocycles. The lowest BCUT2D eigenvalue weighted by molar-refractivity contribution is -0.902. The van der Waals surface area contributed by atoms with Crippen molar-refractivity contribution in [1.82, 2.24) is 5.32 Å². The number of likely N-dealkylation sites (N-methyl/N-ethyl adjacent to an activating group) is 1. The van der Waals surface area contributed by atoms with Gasteiger partial charge in [-0.25, -0.2) is 9.59 Å². The van der Waals surface area contributed by atoms with Crippen LogP contribution in [0.1, 0.15) is 54.4 Å². The van der Waals surface area contributed by atoms with Gasteiger partial charge < -0.3 is 19.5 Å². The van der Waals surface area contributed by atoms with Crippen molar-refractivity contribution in [3.63, 3.8) is 0 Å². The molecule has 164 valence electrons. The zero-order chi connectivity index (χ0) is 22.2. The summed E-state index contributed by atoms with van der Waals surface area (Å²) in [6, 6.07) is -1.08. The predicted molar refractivity (Wildman–Crippen MR) is 102 cm³/mol. The van der Waals surface area contributed by atoms with Crippen molar-refractivity contribution in [2.75, 3.05) is 34.0 Å². The van der Waals surface area contributed by atoms with Crippen molar-refractivity contribution in [3.05, 3.63) is 0 Å². The molecule has 0 aromatic heterocycles. The molecule has 1 atom stereocenters. The molecule has 0 rings (SSSR count). The van der Waals surface area contributed by atoms with Crippen LogP contribution < -0.4 is 5.32 Å². The van der Waals surface area contributed by atoms with Gasteiger partial charge in [0.25, 0.3) is 0 Å². The Morgan fingerprint density at radius 3 is 2.00 bits per heavy atom. The van der Waals surface area contributed by atoms with Gasteiger partial charge in [0, 0.05) is 6.42 Å². The SMILES string of the molecule is CC(C)(C)OC(=O)CC[C@H](NC(=O)OC(C)(C)C)C(=O)OCC[N+](C)(C)CF. The highest BCUT2D eigenvalue weighted by Crippen LogP contribution is 2.12. The fraction of sp³-hybridized carbons (Fsp3) is 0.842. The minimum atomic E-state index is -1.08. The smallest absolute Gasteiger partial charge is 0.408 e. The van der Waals surface area contributed by atoms with Gasteiger partial charge in [0.15, 0.2) is 0 Å². The summed E-state index contributed by atoms with van der Waals surface area (Å²) in [4.78, 5) is 36.3. The molecular weight excluding hydrogens is 371 g/mol. The van der Waals surface area contributed by atoms with Gasteiger partial charge in [-0.15, -0.1) is 0 Å². The van der Waals surface area contributed by atoms with E-state index in [1.165, 1.54) is 0 Å². The third-order valence-electron chi connectivity index (χ3n) is 3.30. The number of rotatable bonds is 9. The van der Waals surface area contributed by atoms with Crippen LogP contribution in [0.25, 0.3) is 0 Å². The van der Waals surface area contributed by atoms with Crippen molar-refractivity contribution in [3.8, 4) is 0 Å². The summed E-state index contributed by atoms with van der Waals surface area (Å²) in [7, 11) is 3.32. The molecule has 0 aromatic carbocycles. The largest absolute Gasteiger partial charge is 0.460 e. The Labute approximate surface area is 167 Å². The minimum Gasteiger partial charge on any atom is -0.460 e. The van der Waals surface area contributed by atoms with Gasteiger partial charge in [-0.1, -0.05) is 0 Å². The highest BCUT2D eigenvalue weighted by atomic mass is 19.1. The Balaban J connectivity index is 4.89. The van der Waals surface area contributed by atoms with E-state index >= 15 is 0 Å². The molecule has 0 fully saturated rings. The number of hydrogen-bond acceptors (Lipinski definition) is 6. The molecule has 0 heterocycles. The lowest BCUT2D eigenvalue weighted by atomic mass is 10.1. The van der Waals surface area contributed by atoms with Crippen LogP contribution in [0, 0.1) is 0 Å². The molecule has 1 N–H and O–H groups in total.